The lowest BCUT2D eigenvalue weighted by Crippen LogP contribution is -2.32. The Morgan fingerprint density at radius 1 is 0.533 bits per heavy atom. The van der Waals surface area contributed by atoms with E-state index >= 15 is 0 Å². The number of carbonyl (C=O) groups excluding carboxylic acids is 2. The number of thioether (sulfide) groups is 2. The number of rotatable bonds is 33. The fraction of sp³-hybridized carbons (Fsp3) is 0.962. The number of aliphatic hydroxyl groups excluding tert-OH is 1. The zero-order valence-corrected chi connectivity index (χ0v) is 40.7. The molecular weight excluding hydrogens is 783 g/mol. The molecule has 0 aliphatic heterocycles. The highest BCUT2D eigenvalue weighted by molar-refractivity contribution is 7.99. The molecule has 0 radical (unpaired) electrons. The van der Waals surface area contributed by atoms with Gasteiger partial charge in [-0.3, -0.25) is 9.59 Å². The van der Waals surface area contributed by atoms with Gasteiger partial charge in [0.1, 0.15) is 12.2 Å². The van der Waals surface area contributed by atoms with Gasteiger partial charge in [0.05, 0.1) is 0 Å². The zero-order valence-electron chi connectivity index (χ0n) is 39.1. The quantitative estimate of drug-likeness (QED) is 0.0516. The number of ether oxygens (including phenoxy) is 2. The Bertz CT molecular complexity index is 981. The molecule has 6 nitrogen and oxygen atoms in total. The van der Waals surface area contributed by atoms with E-state index in [9.17, 15) is 14.7 Å². The average Bonchev–Trinajstić information content (AvgIpc) is 3.29. The first-order valence-electron chi connectivity index (χ1n) is 26.4. The van der Waals surface area contributed by atoms with Crippen molar-refractivity contribution in [2.24, 2.45) is 23.7 Å². The molecule has 0 aromatic carbocycles. The molecule has 2 atom stereocenters. The minimum absolute atomic E-state index is 0.0697. The van der Waals surface area contributed by atoms with Crippen LogP contribution in [-0.2, 0) is 19.1 Å². The maximum atomic E-state index is 12.9. The van der Waals surface area contributed by atoms with Crippen LogP contribution < -0.4 is 0 Å². The molecule has 8 heteroatoms. The first-order valence-corrected chi connectivity index (χ1v) is 28.7. The molecule has 4 rings (SSSR count). The fourth-order valence-corrected chi connectivity index (χ4v) is 13.4. The third-order valence-electron chi connectivity index (χ3n) is 15.1. The van der Waals surface area contributed by atoms with Gasteiger partial charge in [-0.25, -0.2) is 0 Å². The van der Waals surface area contributed by atoms with Crippen LogP contribution in [0.2, 0.25) is 0 Å². The van der Waals surface area contributed by atoms with Crippen LogP contribution in [0.4, 0.5) is 0 Å². The van der Waals surface area contributed by atoms with Gasteiger partial charge in [0, 0.05) is 37.0 Å². The predicted molar refractivity (Wildman–Crippen MR) is 258 cm³/mol. The minimum atomic E-state index is 0.0697. The summed E-state index contributed by atoms with van der Waals surface area (Å²) in [6.07, 6.45) is 44.5. The molecule has 4 aliphatic rings. The van der Waals surface area contributed by atoms with Crippen molar-refractivity contribution in [1.29, 1.82) is 0 Å². The van der Waals surface area contributed by atoms with Crippen LogP contribution in [0.25, 0.3) is 0 Å². The Morgan fingerprint density at radius 3 is 1.35 bits per heavy atom. The molecule has 4 saturated carbocycles. The van der Waals surface area contributed by atoms with Gasteiger partial charge < -0.3 is 19.5 Å². The summed E-state index contributed by atoms with van der Waals surface area (Å²) in [4.78, 5) is 28.5. The molecule has 1 N–H and O–H groups in total. The summed E-state index contributed by atoms with van der Waals surface area (Å²) < 4.78 is 12.5. The summed E-state index contributed by atoms with van der Waals surface area (Å²) in [5.74, 6) is 7.08. The van der Waals surface area contributed by atoms with Crippen LogP contribution in [0, 0.1) is 23.7 Å². The smallest absolute Gasteiger partial charge is 0.306 e. The molecule has 4 fully saturated rings. The van der Waals surface area contributed by atoms with Crippen LogP contribution in [0.15, 0.2) is 0 Å². The highest BCUT2D eigenvalue weighted by Gasteiger charge is 2.29. The van der Waals surface area contributed by atoms with Crippen molar-refractivity contribution >= 4 is 35.5 Å². The van der Waals surface area contributed by atoms with Gasteiger partial charge >= 0.3 is 11.9 Å². The Morgan fingerprint density at radius 2 is 0.933 bits per heavy atom. The van der Waals surface area contributed by atoms with Crippen LogP contribution in [0.5, 0.6) is 0 Å². The van der Waals surface area contributed by atoms with Gasteiger partial charge in [0.15, 0.2) is 0 Å². The maximum Gasteiger partial charge on any atom is 0.306 e. The Labute approximate surface area is 379 Å². The Kier molecular flexibility index (Phi) is 29.6. The summed E-state index contributed by atoms with van der Waals surface area (Å²) in [7, 11) is 2.31. The first kappa shape index (κ1) is 52.2. The van der Waals surface area contributed by atoms with E-state index in [2.05, 4.69) is 11.9 Å². The van der Waals surface area contributed by atoms with Crippen LogP contribution in [0.3, 0.4) is 0 Å². The van der Waals surface area contributed by atoms with Gasteiger partial charge in [0.2, 0.25) is 0 Å². The highest BCUT2D eigenvalue weighted by atomic mass is 32.2. The van der Waals surface area contributed by atoms with Crippen molar-refractivity contribution in [2.75, 3.05) is 43.2 Å². The van der Waals surface area contributed by atoms with Gasteiger partial charge in [-0.2, -0.15) is 23.5 Å². The largest absolute Gasteiger partial charge is 0.461 e. The highest BCUT2D eigenvalue weighted by Crippen LogP contribution is 2.34. The van der Waals surface area contributed by atoms with Crippen molar-refractivity contribution in [1.82, 2.24) is 4.90 Å². The summed E-state index contributed by atoms with van der Waals surface area (Å²) in [5, 5.41) is 9.38. The molecule has 2 unspecified atom stereocenters. The van der Waals surface area contributed by atoms with Crippen LogP contribution >= 0.6 is 23.5 Å². The standard InChI is InChI=1S/C52H95NO5S2/c1-53(38-20-21-39-54)48(32-18-2-4-22-40-59-42-49(46-28-14-8-15-29-46)57-51(55)36-34-44-24-10-6-11-25-44)33-19-3-5-23-41-60-43-50(47-30-16-9-17-31-47)58-52(56)37-35-45-26-12-7-13-27-45/h44-50,54H,2-43H2,1H3. The SMILES string of the molecule is CN(CCCCO)C(CCCCCCSCC(OC(=O)CCC1CCCCC1)C1CCCCC1)CCCCCCSCC(OC(=O)CCC1CCCCC1)C1CCCCC1. The van der Waals surface area contributed by atoms with E-state index < -0.39 is 0 Å². The van der Waals surface area contributed by atoms with Crippen molar-refractivity contribution < 1.29 is 24.2 Å². The molecule has 0 aromatic heterocycles. The minimum Gasteiger partial charge on any atom is -0.461 e. The number of aliphatic hydroxyl groups is 1. The second-order valence-corrected chi connectivity index (χ2v) is 22.4. The topological polar surface area (TPSA) is 76.1 Å². The van der Waals surface area contributed by atoms with Crippen LogP contribution in [0.1, 0.15) is 231 Å². The molecule has 0 spiro atoms. The zero-order chi connectivity index (χ0) is 42.3. The monoisotopic (exact) mass is 878 g/mol. The van der Waals surface area contributed by atoms with E-state index in [0.29, 0.717) is 37.3 Å². The van der Waals surface area contributed by atoms with Crippen molar-refractivity contribution in [3.8, 4) is 0 Å². The Hall–Kier alpha value is -0.440. The van der Waals surface area contributed by atoms with Crippen molar-refractivity contribution in [3.63, 3.8) is 0 Å². The second kappa shape index (κ2) is 34.0. The Balaban J connectivity index is 1.06. The normalized spacial score (nSPS) is 20.6. The number of hydrogen-bond donors (Lipinski definition) is 1. The summed E-state index contributed by atoms with van der Waals surface area (Å²) in [6.45, 7) is 1.38. The average molecular weight is 878 g/mol. The fourth-order valence-electron chi connectivity index (χ4n) is 11.1. The van der Waals surface area contributed by atoms with Crippen molar-refractivity contribution in [3.05, 3.63) is 0 Å². The summed E-state index contributed by atoms with van der Waals surface area (Å²) in [5.41, 5.74) is 0. The van der Waals surface area contributed by atoms with Gasteiger partial charge in [-0.05, 0) is 126 Å². The van der Waals surface area contributed by atoms with E-state index in [4.69, 9.17) is 9.47 Å². The molecule has 60 heavy (non-hydrogen) atoms. The predicted octanol–water partition coefficient (Wildman–Crippen LogP) is 14.1. The van der Waals surface area contributed by atoms with Gasteiger partial charge in [-0.1, -0.05) is 141 Å². The summed E-state index contributed by atoms with van der Waals surface area (Å²) in [6, 6.07) is 0.639. The molecule has 350 valence electrons. The van der Waals surface area contributed by atoms with Crippen LogP contribution in [-0.4, -0.2) is 83.4 Å². The number of hydrogen-bond acceptors (Lipinski definition) is 8. The van der Waals surface area contributed by atoms with E-state index in [0.717, 1.165) is 55.6 Å². The van der Waals surface area contributed by atoms with E-state index in [1.54, 1.807) is 0 Å². The number of unbranched alkanes of at least 4 members (excludes halogenated alkanes) is 7. The lowest BCUT2D eigenvalue weighted by atomic mass is 9.85. The van der Waals surface area contributed by atoms with Gasteiger partial charge in [-0.15, -0.1) is 0 Å². The lowest BCUT2D eigenvalue weighted by molar-refractivity contribution is -0.152. The van der Waals surface area contributed by atoms with Crippen molar-refractivity contribution in [2.45, 2.75) is 249 Å². The number of carbonyl (C=O) groups is 2. The molecule has 0 aromatic rings. The first-order chi connectivity index (χ1) is 29.5. The maximum absolute atomic E-state index is 12.9. The number of nitrogens with zero attached hydrogens (tertiary/aromatic N) is 1. The molecule has 0 heterocycles. The van der Waals surface area contributed by atoms with E-state index in [1.807, 2.05) is 23.5 Å². The molecular formula is C52H95NO5S2. The van der Waals surface area contributed by atoms with Gasteiger partial charge in [0.25, 0.3) is 0 Å². The van der Waals surface area contributed by atoms with E-state index in [-0.39, 0.29) is 24.1 Å². The third kappa shape index (κ3) is 23.5. The molecule has 0 bridgehead atoms. The molecule has 4 aliphatic carbocycles. The third-order valence-corrected chi connectivity index (χ3v) is 17.4. The number of esters is 2. The molecule has 0 saturated heterocycles. The molecule has 0 amide bonds. The summed E-state index contributed by atoms with van der Waals surface area (Å²) >= 11 is 4.07. The lowest BCUT2D eigenvalue weighted by Gasteiger charge is -2.30. The second-order valence-electron chi connectivity index (χ2n) is 20.1. The van der Waals surface area contributed by atoms with E-state index in [1.165, 1.54) is 204 Å².